The van der Waals surface area contributed by atoms with E-state index in [9.17, 15) is 15.0 Å². The normalized spacial score (nSPS) is 14.6. The van der Waals surface area contributed by atoms with Crippen molar-refractivity contribution in [2.75, 3.05) is 6.54 Å². The molecule has 0 aliphatic carbocycles. The second-order valence-electron chi connectivity index (χ2n) is 3.21. The molecule has 2 unspecified atom stereocenters. The Bertz CT molecular complexity index is 330. The van der Waals surface area contributed by atoms with E-state index >= 15 is 0 Å². The second-order valence-corrected chi connectivity index (χ2v) is 3.21. The van der Waals surface area contributed by atoms with Crippen LogP contribution in [0.2, 0.25) is 0 Å². The van der Waals surface area contributed by atoms with Crippen molar-refractivity contribution in [3.8, 4) is 0 Å². The van der Waals surface area contributed by atoms with Crippen LogP contribution in [0.4, 0.5) is 0 Å². The van der Waals surface area contributed by atoms with Gasteiger partial charge in [0, 0.05) is 23.5 Å². The Balaban J connectivity index is 2.89. The first-order valence-electron chi connectivity index (χ1n) is 4.66. The van der Waals surface area contributed by atoms with Gasteiger partial charge in [-0.25, -0.2) is 0 Å². The zero-order valence-electron chi connectivity index (χ0n) is 8.21. The molecule has 0 amide bonds. The fourth-order valence-electron chi connectivity index (χ4n) is 1.31. The monoisotopic (exact) mass is 210 g/mol. The number of carbonyl (C=O) groups excluding carboxylic acids is 1. The molecule has 0 aliphatic heterocycles. The van der Waals surface area contributed by atoms with E-state index in [2.05, 4.69) is 4.98 Å². The predicted molar refractivity (Wildman–Crippen MR) is 54.3 cm³/mol. The van der Waals surface area contributed by atoms with Crippen molar-refractivity contribution in [3.05, 3.63) is 29.6 Å². The molecule has 5 nitrogen and oxygen atoms in total. The van der Waals surface area contributed by atoms with Crippen LogP contribution in [-0.2, 0) is 0 Å². The summed E-state index contributed by atoms with van der Waals surface area (Å²) in [5.41, 5.74) is 5.91. The van der Waals surface area contributed by atoms with Crippen LogP contribution in [0.1, 0.15) is 28.4 Å². The van der Waals surface area contributed by atoms with Gasteiger partial charge in [0.2, 0.25) is 0 Å². The minimum absolute atomic E-state index is 0.272. The van der Waals surface area contributed by atoms with Crippen LogP contribution in [0.25, 0.3) is 0 Å². The number of carbonyl (C=O) groups is 1. The van der Waals surface area contributed by atoms with Gasteiger partial charge in [0.15, 0.2) is 6.29 Å². The maximum Gasteiger partial charge on any atom is 0.150 e. The van der Waals surface area contributed by atoms with Crippen LogP contribution in [0.3, 0.4) is 0 Å². The quantitative estimate of drug-likeness (QED) is 0.576. The van der Waals surface area contributed by atoms with Crippen molar-refractivity contribution in [1.29, 1.82) is 0 Å². The van der Waals surface area contributed by atoms with Gasteiger partial charge in [-0.05, 0) is 19.0 Å². The first-order valence-corrected chi connectivity index (χ1v) is 4.66. The topological polar surface area (TPSA) is 96.4 Å². The van der Waals surface area contributed by atoms with Gasteiger partial charge in [0.25, 0.3) is 0 Å². The van der Waals surface area contributed by atoms with E-state index in [1.165, 1.54) is 18.5 Å². The second kappa shape index (κ2) is 5.55. The fourth-order valence-corrected chi connectivity index (χ4v) is 1.31. The lowest BCUT2D eigenvalue weighted by Crippen LogP contribution is -2.22. The molecule has 0 saturated heterocycles. The fraction of sp³-hybridized carbons (Fsp3) is 0.400. The molecule has 0 bridgehead atoms. The van der Waals surface area contributed by atoms with Crippen LogP contribution in [0, 0.1) is 0 Å². The van der Waals surface area contributed by atoms with Gasteiger partial charge in [-0.2, -0.15) is 0 Å². The van der Waals surface area contributed by atoms with Crippen molar-refractivity contribution in [3.63, 3.8) is 0 Å². The minimum Gasteiger partial charge on any atom is -0.390 e. The summed E-state index contributed by atoms with van der Waals surface area (Å²) in [6, 6.07) is 1.49. The van der Waals surface area contributed by atoms with E-state index in [1.54, 1.807) is 0 Å². The smallest absolute Gasteiger partial charge is 0.150 e. The SMILES string of the molecule is NCCC(O)C(O)c1cnccc1C=O. The molecule has 5 heteroatoms. The van der Waals surface area contributed by atoms with E-state index in [1.807, 2.05) is 0 Å². The highest BCUT2D eigenvalue weighted by Crippen LogP contribution is 2.20. The summed E-state index contributed by atoms with van der Waals surface area (Å²) in [7, 11) is 0. The lowest BCUT2D eigenvalue weighted by molar-refractivity contribution is 0.0145. The van der Waals surface area contributed by atoms with Gasteiger partial charge in [0.1, 0.15) is 6.10 Å². The van der Waals surface area contributed by atoms with E-state index in [0.29, 0.717) is 17.4 Å². The average molecular weight is 210 g/mol. The third-order valence-corrected chi connectivity index (χ3v) is 2.16. The largest absolute Gasteiger partial charge is 0.390 e. The Morgan fingerprint density at radius 3 is 2.87 bits per heavy atom. The van der Waals surface area contributed by atoms with E-state index in [-0.39, 0.29) is 13.0 Å². The summed E-state index contributed by atoms with van der Waals surface area (Å²) in [6.45, 7) is 0.273. The van der Waals surface area contributed by atoms with E-state index in [0.717, 1.165) is 0 Å². The van der Waals surface area contributed by atoms with Gasteiger partial charge in [0.05, 0.1) is 6.10 Å². The maximum atomic E-state index is 10.7. The Morgan fingerprint density at radius 2 is 2.27 bits per heavy atom. The molecule has 0 aromatic carbocycles. The third kappa shape index (κ3) is 2.82. The molecule has 82 valence electrons. The van der Waals surface area contributed by atoms with Crippen molar-refractivity contribution in [2.45, 2.75) is 18.6 Å². The van der Waals surface area contributed by atoms with Crippen molar-refractivity contribution in [2.24, 2.45) is 5.73 Å². The summed E-state index contributed by atoms with van der Waals surface area (Å²) in [4.78, 5) is 14.5. The molecule has 0 saturated carbocycles. The van der Waals surface area contributed by atoms with Crippen LogP contribution >= 0.6 is 0 Å². The summed E-state index contributed by atoms with van der Waals surface area (Å²) in [5, 5.41) is 19.2. The highest BCUT2D eigenvalue weighted by molar-refractivity contribution is 5.77. The highest BCUT2D eigenvalue weighted by Gasteiger charge is 2.20. The number of hydrogen-bond acceptors (Lipinski definition) is 5. The lowest BCUT2D eigenvalue weighted by atomic mass is 10.00. The summed E-state index contributed by atoms with van der Waals surface area (Å²) in [6.07, 6.45) is 1.62. The molecular formula is C10H14N2O3. The Hall–Kier alpha value is -1.30. The number of hydrogen-bond donors (Lipinski definition) is 3. The van der Waals surface area contributed by atoms with E-state index < -0.39 is 12.2 Å². The molecule has 1 aromatic heterocycles. The number of nitrogens with zero attached hydrogens (tertiary/aromatic N) is 1. The average Bonchev–Trinajstić information content (AvgIpc) is 2.28. The minimum atomic E-state index is -1.12. The molecular weight excluding hydrogens is 196 g/mol. The van der Waals surface area contributed by atoms with Gasteiger partial charge < -0.3 is 15.9 Å². The molecule has 15 heavy (non-hydrogen) atoms. The Labute approximate surface area is 87.6 Å². The number of rotatable bonds is 5. The number of aliphatic hydroxyl groups excluding tert-OH is 2. The summed E-state index contributed by atoms with van der Waals surface area (Å²) < 4.78 is 0. The van der Waals surface area contributed by atoms with Crippen molar-refractivity contribution in [1.82, 2.24) is 4.98 Å². The van der Waals surface area contributed by atoms with Gasteiger partial charge in [-0.15, -0.1) is 0 Å². The number of aliphatic hydroxyl groups is 2. The molecule has 0 radical (unpaired) electrons. The first-order chi connectivity index (χ1) is 7.20. The number of aromatic nitrogens is 1. The standard InChI is InChI=1S/C10H14N2O3/c11-3-1-9(14)10(15)8-5-12-4-2-7(8)6-13/h2,4-6,9-10,14-15H,1,3,11H2. The van der Waals surface area contributed by atoms with Crippen LogP contribution in [0.5, 0.6) is 0 Å². The molecule has 1 rings (SSSR count). The van der Waals surface area contributed by atoms with Crippen molar-refractivity contribution < 1.29 is 15.0 Å². The number of aldehydes is 1. The van der Waals surface area contributed by atoms with Gasteiger partial charge in [-0.1, -0.05) is 0 Å². The highest BCUT2D eigenvalue weighted by atomic mass is 16.3. The first kappa shape index (κ1) is 11.8. The Kier molecular flexibility index (Phi) is 4.36. The third-order valence-electron chi connectivity index (χ3n) is 2.16. The molecule has 0 spiro atoms. The molecule has 0 fully saturated rings. The number of pyridine rings is 1. The molecule has 4 N–H and O–H groups in total. The molecule has 1 aromatic rings. The van der Waals surface area contributed by atoms with Crippen molar-refractivity contribution >= 4 is 6.29 Å². The molecule has 0 aliphatic rings. The zero-order valence-corrected chi connectivity index (χ0v) is 8.21. The summed E-state index contributed by atoms with van der Waals surface area (Å²) >= 11 is 0. The maximum absolute atomic E-state index is 10.7. The van der Waals surface area contributed by atoms with E-state index in [4.69, 9.17) is 5.73 Å². The number of nitrogens with two attached hydrogens (primary N) is 1. The van der Waals surface area contributed by atoms with Crippen LogP contribution in [0.15, 0.2) is 18.5 Å². The molecule has 1 heterocycles. The van der Waals surface area contributed by atoms with Crippen LogP contribution < -0.4 is 5.73 Å². The van der Waals surface area contributed by atoms with Crippen LogP contribution in [-0.4, -0.2) is 34.1 Å². The molecule has 2 atom stereocenters. The van der Waals surface area contributed by atoms with Gasteiger partial charge >= 0.3 is 0 Å². The summed E-state index contributed by atoms with van der Waals surface area (Å²) in [5.74, 6) is 0. The zero-order chi connectivity index (χ0) is 11.3. The van der Waals surface area contributed by atoms with Gasteiger partial charge in [-0.3, -0.25) is 9.78 Å². The Morgan fingerprint density at radius 1 is 1.53 bits per heavy atom. The predicted octanol–water partition coefficient (Wildman–Crippen LogP) is -0.363. The lowest BCUT2D eigenvalue weighted by Gasteiger charge is -2.18.